The van der Waals surface area contributed by atoms with Crippen molar-refractivity contribution in [3.05, 3.63) is 28.2 Å². The number of benzene rings is 1. The Labute approximate surface area is 117 Å². The zero-order valence-corrected chi connectivity index (χ0v) is 13.0. The monoisotopic (exact) mass is 312 g/mol. The zero-order valence-electron chi connectivity index (χ0n) is 11.4. The zero-order chi connectivity index (χ0) is 13.8. The summed E-state index contributed by atoms with van der Waals surface area (Å²) in [6.45, 7) is 8.42. The van der Waals surface area contributed by atoms with Crippen LogP contribution in [0.15, 0.2) is 22.7 Å². The molecule has 0 aliphatic carbocycles. The lowest BCUT2D eigenvalue weighted by Crippen LogP contribution is -2.45. The number of hydrogen-bond acceptors (Lipinski definition) is 2. The van der Waals surface area contributed by atoms with E-state index < -0.39 is 0 Å². The van der Waals surface area contributed by atoms with Gasteiger partial charge in [-0.25, -0.2) is 0 Å². The molecule has 0 atom stereocenters. The summed E-state index contributed by atoms with van der Waals surface area (Å²) in [5, 5.41) is 6.15. The van der Waals surface area contributed by atoms with Crippen LogP contribution in [0.25, 0.3) is 0 Å². The minimum Gasteiger partial charge on any atom is -0.376 e. The molecular weight excluding hydrogens is 292 g/mol. The van der Waals surface area contributed by atoms with Gasteiger partial charge in [0.1, 0.15) is 0 Å². The second-order valence-electron chi connectivity index (χ2n) is 5.10. The lowest BCUT2D eigenvalue weighted by molar-refractivity contribution is -0.121. The molecule has 0 aliphatic heterocycles. The molecule has 0 heterocycles. The first-order valence-corrected chi connectivity index (χ1v) is 6.94. The molecular formula is C14H21BrN2O. The third kappa shape index (κ3) is 4.69. The van der Waals surface area contributed by atoms with E-state index in [0.29, 0.717) is 6.54 Å². The third-order valence-electron chi connectivity index (χ3n) is 2.99. The Morgan fingerprint density at radius 1 is 1.39 bits per heavy atom. The quantitative estimate of drug-likeness (QED) is 0.874. The van der Waals surface area contributed by atoms with Crippen LogP contribution in [-0.2, 0) is 4.79 Å². The lowest BCUT2D eigenvalue weighted by atomic mass is 10.0. The van der Waals surface area contributed by atoms with Gasteiger partial charge in [-0.05, 0) is 51.0 Å². The largest absolute Gasteiger partial charge is 0.376 e. The van der Waals surface area contributed by atoms with Crippen LogP contribution in [-0.4, -0.2) is 18.0 Å². The van der Waals surface area contributed by atoms with E-state index >= 15 is 0 Å². The highest BCUT2D eigenvalue weighted by atomic mass is 79.9. The Kier molecular flexibility index (Phi) is 5.20. The molecule has 0 unspecified atom stereocenters. The predicted octanol–water partition coefficient (Wildman–Crippen LogP) is 3.47. The summed E-state index contributed by atoms with van der Waals surface area (Å²) in [4.78, 5) is 11.8. The Morgan fingerprint density at radius 3 is 2.61 bits per heavy atom. The van der Waals surface area contributed by atoms with E-state index in [9.17, 15) is 4.79 Å². The topological polar surface area (TPSA) is 41.1 Å². The molecule has 0 saturated heterocycles. The second kappa shape index (κ2) is 6.23. The molecule has 2 N–H and O–H groups in total. The van der Waals surface area contributed by atoms with E-state index in [-0.39, 0.29) is 11.4 Å². The average Bonchev–Trinajstić information content (AvgIpc) is 2.27. The number of carbonyl (C=O) groups excluding carboxylic acids is 1. The van der Waals surface area contributed by atoms with E-state index in [1.165, 1.54) is 0 Å². The summed E-state index contributed by atoms with van der Waals surface area (Å²) in [7, 11) is 0. The van der Waals surface area contributed by atoms with E-state index in [2.05, 4.69) is 33.5 Å². The van der Waals surface area contributed by atoms with Crippen molar-refractivity contribution in [3.8, 4) is 0 Å². The highest BCUT2D eigenvalue weighted by Gasteiger charge is 2.17. The summed E-state index contributed by atoms with van der Waals surface area (Å²) in [5.41, 5.74) is 1.96. The summed E-state index contributed by atoms with van der Waals surface area (Å²) in [6.07, 6.45) is 0.913. The van der Waals surface area contributed by atoms with Crippen LogP contribution < -0.4 is 10.6 Å². The van der Waals surface area contributed by atoms with Crippen molar-refractivity contribution < 1.29 is 4.79 Å². The van der Waals surface area contributed by atoms with E-state index in [0.717, 1.165) is 22.1 Å². The maximum absolute atomic E-state index is 11.8. The van der Waals surface area contributed by atoms with E-state index in [1.807, 2.05) is 39.0 Å². The number of amides is 1. The number of anilines is 1. The van der Waals surface area contributed by atoms with Crippen LogP contribution in [0.5, 0.6) is 0 Å². The Bertz CT molecular complexity index is 430. The van der Waals surface area contributed by atoms with Gasteiger partial charge in [-0.1, -0.05) is 22.9 Å². The molecule has 1 rings (SSSR count). The first-order valence-electron chi connectivity index (χ1n) is 6.15. The first kappa shape index (κ1) is 15.0. The fourth-order valence-corrected chi connectivity index (χ4v) is 1.99. The Balaban J connectivity index is 2.53. The molecule has 0 aliphatic rings. The fraction of sp³-hybridized carbons (Fsp3) is 0.500. The van der Waals surface area contributed by atoms with Crippen molar-refractivity contribution >= 4 is 27.5 Å². The number of aryl methyl sites for hydroxylation is 1. The molecule has 100 valence electrons. The molecule has 0 aromatic heterocycles. The van der Waals surface area contributed by atoms with E-state index in [1.54, 1.807) is 0 Å². The van der Waals surface area contributed by atoms with Crippen LogP contribution in [0, 0.1) is 6.92 Å². The standard InChI is InChI=1S/C14H21BrN2O/c1-5-14(3,4)17-13(18)9-16-12-7-6-11(15)8-10(12)2/h6-8,16H,5,9H2,1-4H3,(H,17,18). The van der Waals surface area contributed by atoms with Gasteiger partial charge in [-0.15, -0.1) is 0 Å². The normalized spacial score (nSPS) is 11.2. The van der Waals surface area contributed by atoms with E-state index in [4.69, 9.17) is 0 Å². The van der Waals surface area contributed by atoms with Crippen LogP contribution in [0.4, 0.5) is 5.69 Å². The second-order valence-corrected chi connectivity index (χ2v) is 6.01. The Morgan fingerprint density at radius 2 is 2.06 bits per heavy atom. The fourth-order valence-electron chi connectivity index (χ4n) is 1.51. The van der Waals surface area contributed by atoms with Gasteiger partial charge in [0.25, 0.3) is 0 Å². The number of rotatable bonds is 5. The van der Waals surface area contributed by atoms with Gasteiger partial charge in [0.15, 0.2) is 0 Å². The minimum atomic E-state index is -0.145. The van der Waals surface area contributed by atoms with Crippen molar-refractivity contribution in [2.24, 2.45) is 0 Å². The Hall–Kier alpha value is -1.03. The van der Waals surface area contributed by atoms with Gasteiger partial charge in [0, 0.05) is 15.7 Å². The molecule has 0 radical (unpaired) electrons. The van der Waals surface area contributed by atoms with Gasteiger partial charge in [0.05, 0.1) is 6.54 Å². The SMILES string of the molecule is CCC(C)(C)NC(=O)CNc1ccc(Br)cc1C. The van der Waals surface area contributed by atoms with Crippen molar-refractivity contribution in [3.63, 3.8) is 0 Å². The highest BCUT2D eigenvalue weighted by Crippen LogP contribution is 2.19. The first-order chi connectivity index (χ1) is 8.34. The van der Waals surface area contributed by atoms with Crippen LogP contribution in [0.2, 0.25) is 0 Å². The molecule has 1 amide bonds. The van der Waals surface area contributed by atoms with Crippen LogP contribution in [0.1, 0.15) is 32.8 Å². The minimum absolute atomic E-state index is 0.0177. The van der Waals surface area contributed by atoms with Crippen molar-refractivity contribution in [1.29, 1.82) is 0 Å². The van der Waals surface area contributed by atoms with Crippen molar-refractivity contribution in [2.45, 2.75) is 39.7 Å². The summed E-state index contributed by atoms with van der Waals surface area (Å²) >= 11 is 3.42. The molecule has 0 spiro atoms. The maximum Gasteiger partial charge on any atom is 0.239 e. The molecule has 0 saturated carbocycles. The molecule has 0 bridgehead atoms. The lowest BCUT2D eigenvalue weighted by Gasteiger charge is -2.24. The van der Waals surface area contributed by atoms with Crippen LogP contribution >= 0.6 is 15.9 Å². The molecule has 4 heteroatoms. The molecule has 18 heavy (non-hydrogen) atoms. The van der Waals surface area contributed by atoms with Gasteiger partial charge < -0.3 is 10.6 Å². The van der Waals surface area contributed by atoms with Crippen molar-refractivity contribution in [2.75, 3.05) is 11.9 Å². The van der Waals surface area contributed by atoms with Crippen molar-refractivity contribution in [1.82, 2.24) is 5.32 Å². The number of halogens is 1. The number of carbonyl (C=O) groups is 1. The molecule has 0 fully saturated rings. The average molecular weight is 313 g/mol. The van der Waals surface area contributed by atoms with Gasteiger partial charge in [-0.3, -0.25) is 4.79 Å². The van der Waals surface area contributed by atoms with Crippen LogP contribution in [0.3, 0.4) is 0 Å². The van der Waals surface area contributed by atoms with Gasteiger partial charge >= 0.3 is 0 Å². The van der Waals surface area contributed by atoms with Gasteiger partial charge in [-0.2, -0.15) is 0 Å². The molecule has 3 nitrogen and oxygen atoms in total. The highest BCUT2D eigenvalue weighted by molar-refractivity contribution is 9.10. The third-order valence-corrected chi connectivity index (χ3v) is 3.48. The smallest absolute Gasteiger partial charge is 0.239 e. The summed E-state index contributed by atoms with van der Waals surface area (Å²) in [5.74, 6) is 0.0177. The predicted molar refractivity (Wildman–Crippen MR) is 79.9 cm³/mol. The maximum atomic E-state index is 11.8. The summed E-state index contributed by atoms with van der Waals surface area (Å²) < 4.78 is 1.04. The number of hydrogen-bond donors (Lipinski definition) is 2. The van der Waals surface area contributed by atoms with Gasteiger partial charge in [0.2, 0.25) is 5.91 Å². The summed E-state index contributed by atoms with van der Waals surface area (Å²) in [6, 6.07) is 5.96. The number of nitrogens with one attached hydrogen (secondary N) is 2. The molecule has 1 aromatic carbocycles. The molecule has 1 aromatic rings.